The van der Waals surface area contributed by atoms with Gasteiger partial charge in [-0.1, -0.05) is 36.4 Å². The molecule has 25 nitrogen and oxygen atoms in total. The van der Waals surface area contributed by atoms with Crippen molar-refractivity contribution in [2.24, 2.45) is 0 Å². The lowest BCUT2D eigenvalue weighted by Gasteiger charge is -2.28. The Hall–Kier alpha value is -9.15. The molecule has 0 aliphatic carbocycles. The Labute approximate surface area is 519 Å². The molecule has 6 aromatic heterocycles. The summed E-state index contributed by atoms with van der Waals surface area (Å²) >= 11 is 0. The highest BCUT2D eigenvalue weighted by molar-refractivity contribution is 5.83. The van der Waals surface area contributed by atoms with Crippen molar-refractivity contribution in [3.8, 4) is 68.7 Å². The number of nitrogens with zero attached hydrogens (tertiary/aromatic N) is 9. The van der Waals surface area contributed by atoms with Gasteiger partial charge in [0, 0.05) is 72.0 Å². The summed E-state index contributed by atoms with van der Waals surface area (Å²) in [5, 5.41) is 85.5. The van der Waals surface area contributed by atoms with Crippen LogP contribution in [0.4, 0.5) is 0 Å². The number of aliphatic hydroxyl groups excluding tert-OH is 4. The van der Waals surface area contributed by atoms with E-state index in [4.69, 9.17) is 48.5 Å². The molecule has 0 radical (unpaired) electrons. The van der Waals surface area contributed by atoms with Crippen LogP contribution in [-0.2, 0) is 38.8 Å². The molecule has 2 saturated heterocycles. The second kappa shape index (κ2) is 32.4. The summed E-state index contributed by atoms with van der Waals surface area (Å²) in [5.74, 6) is 1.16. The first-order chi connectivity index (χ1) is 43.5. The Balaban J connectivity index is 0.000000168. The number of aromatic hydroxyl groups is 3. The van der Waals surface area contributed by atoms with Crippen LogP contribution >= 0.6 is 0 Å². The topological polar surface area (TPSA) is 336 Å². The summed E-state index contributed by atoms with van der Waals surface area (Å²) in [6.07, 6.45) is 6.78. The molecule has 2 fully saturated rings. The number of rotatable bonds is 20. The normalized spacial score (nSPS) is 16.2. The molecule has 2 aliphatic heterocycles. The van der Waals surface area contributed by atoms with Crippen molar-refractivity contribution >= 4 is 6.29 Å². The molecule has 11 rings (SSSR count). The van der Waals surface area contributed by atoms with Crippen LogP contribution in [0.2, 0.25) is 0 Å². The maximum absolute atomic E-state index is 11.2. The quantitative estimate of drug-likeness (QED) is 0.0262. The van der Waals surface area contributed by atoms with Crippen molar-refractivity contribution in [2.45, 2.75) is 111 Å². The summed E-state index contributed by atoms with van der Waals surface area (Å²) in [7, 11) is 0. The molecule has 0 spiro atoms. The number of ether oxygens (including phenoxy) is 7. The number of phenols is 3. The molecule has 476 valence electrons. The number of benzene rings is 3. The van der Waals surface area contributed by atoms with Crippen molar-refractivity contribution < 1.29 is 78.8 Å². The summed E-state index contributed by atoms with van der Waals surface area (Å²) < 4.78 is 46.0. The third-order valence-electron chi connectivity index (χ3n) is 13.7. The van der Waals surface area contributed by atoms with Gasteiger partial charge in [0.2, 0.25) is 0 Å². The average Bonchev–Trinajstić information content (AvgIpc) is 1.68. The minimum absolute atomic E-state index is 0.0122. The molecule has 0 amide bonds. The Bertz CT molecular complexity index is 3570. The molecule has 25 heteroatoms. The number of carbonyl (C=O) groups is 1. The third-order valence-corrected chi connectivity index (χ3v) is 13.7. The minimum atomic E-state index is -1.56. The van der Waals surface area contributed by atoms with E-state index in [-0.39, 0.29) is 87.2 Å². The number of phenolic OH excluding ortho intramolecular Hbond substituents is 3. The van der Waals surface area contributed by atoms with E-state index in [9.17, 15) is 30.3 Å². The van der Waals surface area contributed by atoms with E-state index in [0.29, 0.717) is 34.7 Å². The standard InChI is InChI=1S/2C22H25N3O5.C19H19N3O3.C2H6O3/c1-14(2)25-17(8-10-24-25)21-15(5-4-9-23-21)12-28-19-7-3-6-18(27)20(19)22-29-13-16(11-26)30-22;1-14(2)25-17(8-10-24-25)21-15(5-4-9-23-21)11-28-19-7-3-6-18(27)20(19)22-29-12-16(26)13-30-22;1-13(2)22-16(8-10-21-22)19-14(5-4-9-20-19)12-25-18-7-3-6-17(24)15(18)11-23;3-1-2(4)5/h2*3-10,14,16,22,26-27H,11-13H2,1-2H3;3-11,13,24H,12H2,1-2H3;2-5H,1H2. The van der Waals surface area contributed by atoms with Gasteiger partial charge in [-0.15, -0.1) is 0 Å². The Morgan fingerprint density at radius 3 is 1.27 bits per heavy atom. The molecular weight excluding hydrogens is 1160 g/mol. The molecule has 90 heavy (non-hydrogen) atoms. The molecule has 8 N–H and O–H groups in total. The smallest absolute Gasteiger partial charge is 0.191 e. The first-order valence-corrected chi connectivity index (χ1v) is 29.0. The number of carbonyl (C=O) groups excluding carboxylic acids is 1. The van der Waals surface area contributed by atoms with E-state index in [2.05, 4.69) is 71.8 Å². The molecule has 2 atom stereocenters. The molecule has 3 aromatic carbocycles. The maximum Gasteiger partial charge on any atom is 0.191 e. The molecule has 8 heterocycles. The van der Waals surface area contributed by atoms with Crippen molar-refractivity contribution in [3.05, 3.63) is 180 Å². The largest absolute Gasteiger partial charge is 0.507 e. The second-order valence-corrected chi connectivity index (χ2v) is 21.3. The zero-order valence-corrected chi connectivity index (χ0v) is 50.6. The van der Waals surface area contributed by atoms with E-state index in [0.717, 1.165) is 50.9 Å². The summed E-state index contributed by atoms with van der Waals surface area (Å²) in [6.45, 7) is 12.8. The molecular formula is C65H75N9O16. The monoisotopic (exact) mass is 1240 g/mol. The molecule has 0 bridgehead atoms. The Morgan fingerprint density at radius 2 is 0.889 bits per heavy atom. The number of aldehydes is 1. The van der Waals surface area contributed by atoms with E-state index in [1.165, 1.54) is 6.07 Å². The predicted octanol–water partition coefficient (Wildman–Crippen LogP) is 8.35. The first kappa shape index (κ1) is 66.8. The fraction of sp³-hybridized carbons (Fsp3) is 0.338. The highest BCUT2D eigenvalue weighted by Gasteiger charge is 2.32. The van der Waals surface area contributed by atoms with Crippen molar-refractivity contribution in [1.29, 1.82) is 0 Å². The van der Waals surface area contributed by atoms with Crippen LogP contribution in [0.1, 0.15) is 110 Å². The van der Waals surface area contributed by atoms with Gasteiger partial charge in [-0.3, -0.25) is 33.8 Å². The van der Waals surface area contributed by atoms with E-state index in [1.54, 1.807) is 85.7 Å². The van der Waals surface area contributed by atoms with Gasteiger partial charge in [0.25, 0.3) is 0 Å². The van der Waals surface area contributed by atoms with Crippen molar-refractivity contribution in [1.82, 2.24) is 44.3 Å². The van der Waals surface area contributed by atoms with Gasteiger partial charge in [0.15, 0.2) is 25.2 Å². The van der Waals surface area contributed by atoms with Crippen LogP contribution in [0.3, 0.4) is 0 Å². The van der Waals surface area contributed by atoms with Crippen LogP contribution < -0.4 is 14.2 Å². The van der Waals surface area contributed by atoms with Gasteiger partial charge < -0.3 is 74.0 Å². The zero-order chi connectivity index (χ0) is 64.3. The van der Waals surface area contributed by atoms with Gasteiger partial charge in [0.1, 0.15) is 66.5 Å². The van der Waals surface area contributed by atoms with Gasteiger partial charge in [-0.25, -0.2) is 0 Å². The molecule has 2 unspecified atom stereocenters. The fourth-order valence-corrected chi connectivity index (χ4v) is 9.49. The van der Waals surface area contributed by atoms with E-state index in [1.807, 2.05) is 68.6 Å². The van der Waals surface area contributed by atoms with Gasteiger partial charge in [-0.05, 0) is 114 Å². The summed E-state index contributed by atoms with van der Waals surface area (Å²) in [4.78, 5) is 24.7. The summed E-state index contributed by atoms with van der Waals surface area (Å²) in [5.41, 5.74) is 8.67. The lowest BCUT2D eigenvalue weighted by atomic mass is 10.1. The van der Waals surface area contributed by atoms with Crippen LogP contribution in [0, 0.1) is 0 Å². The average molecular weight is 1240 g/mol. The summed E-state index contributed by atoms with van der Waals surface area (Å²) in [6, 6.07) is 32.5. The highest BCUT2D eigenvalue weighted by Crippen LogP contribution is 2.41. The van der Waals surface area contributed by atoms with Crippen LogP contribution in [-0.4, -0.2) is 143 Å². The second-order valence-electron chi connectivity index (χ2n) is 21.3. The fourth-order valence-electron chi connectivity index (χ4n) is 9.49. The highest BCUT2D eigenvalue weighted by atomic mass is 16.7. The van der Waals surface area contributed by atoms with Crippen LogP contribution in [0.25, 0.3) is 34.2 Å². The maximum atomic E-state index is 11.2. The van der Waals surface area contributed by atoms with Crippen molar-refractivity contribution in [3.63, 3.8) is 0 Å². The molecule has 0 saturated carbocycles. The number of aliphatic hydroxyl groups is 5. The lowest BCUT2D eigenvalue weighted by Crippen LogP contribution is -2.31. The van der Waals surface area contributed by atoms with Gasteiger partial charge >= 0.3 is 0 Å². The lowest BCUT2D eigenvalue weighted by molar-refractivity contribution is -0.221. The van der Waals surface area contributed by atoms with E-state index < -0.39 is 37.7 Å². The van der Waals surface area contributed by atoms with E-state index >= 15 is 0 Å². The molecule has 2 aliphatic rings. The van der Waals surface area contributed by atoms with Crippen LogP contribution in [0.5, 0.6) is 34.5 Å². The SMILES string of the molecule is CC(C)n1nccc1-c1ncccc1COc1cccc(O)c1C1OCC(CO)O1.CC(C)n1nccc1-c1ncccc1COc1cccc(O)c1C1OCC(O)CO1.CC(C)n1nccc1-c1ncccc1COc1cccc(O)c1C=O.OCC(O)O. The number of hydrogen-bond donors (Lipinski definition) is 8. The number of pyridine rings is 3. The Morgan fingerprint density at radius 1 is 0.511 bits per heavy atom. The molecule has 9 aromatic rings. The van der Waals surface area contributed by atoms with Crippen molar-refractivity contribution in [2.75, 3.05) is 33.0 Å². The van der Waals surface area contributed by atoms with Crippen LogP contribution in [0.15, 0.2) is 146 Å². The number of hydrogen-bond acceptors (Lipinski definition) is 22. The van der Waals surface area contributed by atoms with Gasteiger partial charge in [0.05, 0.1) is 83.9 Å². The zero-order valence-electron chi connectivity index (χ0n) is 50.6. The Kier molecular flexibility index (Phi) is 24.0. The minimum Gasteiger partial charge on any atom is -0.507 e. The first-order valence-electron chi connectivity index (χ1n) is 29.0. The third kappa shape index (κ3) is 17.0. The number of aromatic nitrogens is 9. The van der Waals surface area contributed by atoms with Gasteiger partial charge in [-0.2, -0.15) is 15.3 Å². The predicted molar refractivity (Wildman–Crippen MR) is 327 cm³/mol.